The van der Waals surface area contributed by atoms with Crippen LogP contribution in [0.2, 0.25) is 10.0 Å². The van der Waals surface area contributed by atoms with Crippen LogP contribution in [0.4, 0.5) is 5.95 Å². The number of fused-ring (bicyclic) bond motifs is 1. The summed E-state index contributed by atoms with van der Waals surface area (Å²) in [6, 6.07) is 4.95. The molecule has 7 heteroatoms. The fourth-order valence-electron chi connectivity index (χ4n) is 3.36. The molecule has 2 heterocycles. The topological polar surface area (TPSA) is 59.8 Å². The molecule has 2 aromatic rings. The minimum Gasteiger partial charge on any atom is -0.328 e. The summed E-state index contributed by atoms with van der Waals surface area (Å²) >= 11 is 12.4. The van der Waals surface area contributed by atoms with Crippen LogP contribution in [0.25, 0.3) is 0 Å². The van der Waals surface area contributed by atoms with E-state index in [-0.39, 0.29) is 11.8 Å². The summed E-state index contributed by atoms with van der Waals surface area (Å²) in [4.78, 5) is 17.0. The van der Waals surface area contributed by atoms with E-state index in [9.17, 15) is 4.79 Å². The van der Waals surface area contributed by atoms with Crippen molar-refractivity contribution in [1.82, 2.24) is 14.8 Å². The lowest BCUT2D eigenvalue weighted by atomic mass is 9.81. The van der Waals surface area contributed by atoms with Gasteiger partial charge in [0, 0.05) is 33.3 Å². The molecular weight excluding hydrogens is 335 g/mol. The van der Waals surface area contributed by atoms with E-state index in [2.05, 4.69) is 22.3 Å². The van der Waals surface area contributed by atoms with E-state index in [4.69, 9.17) is 23.2 Å². The van der Waals surface area contributed by atoms with E-state index in [0.717, 1.165) is 23.3 Å². The van der Waals surface area contributed by atoms with Gasteiger partial charge in [0.2, 0.25) is 5.95 Å². The summed E-state index contributed by atoms with van der Waals surface area (Å²) in [6.45, 7) is 2.08. The number of anilines is 1. The zero-order valence-corrected chi connectivity index (χ0v) is 13.9. The summed E-state index contributed by atoms with van der Waals surface area (Å²) in [7, 11) is 0. The van der Waals surface area contributed by atoms with Crippen molar-refractivity contribution in [2.45, 2.75) is 25.8 Å². The van der Waals surface area contributed by atoms with Crippen molar-refractivity contribution in [2.24, 2.45) is 5.92 Å². The van der Waals surface area contributed by atoms with Crippen LogP contribution in [0.5, 0.6) is 0 Å². The molecule has 1 aliphatic heterocycles. The third-order valence-corrected chi connectivity index (χ3v) is 4.89. The molecular formula is C16H14Cl2N4O. The molecule has 5 nitrogen and oxygen atoms in total. The molecule has 1 aromatic heterocycles. The second kappa shape index (κ2) is 5.35. The van der Waals surface area contributed by atoms with Crippen LogP contribution in [0.3, 0.4) is 0 Å². The van der Waals surface area contributed by atoms with Crippen molar-refractivity contribution < 1.29 is 4.79 Å². The maximum Gasteiger partial charge on any atom is 0.226 e. The number of carbonyl (C=O) groups excluding carboxylic acids is 1. The van der Waals surface area contributed by atoms with Crippen LogP contribution >= 0.6 is 23.2 Å². The number of rotatable bonds is 1. The molecule has 0 saturated carbocycles. The van der Waals surface area contributed by atoms with Crippen molar-refractivity contribution in [3.8, 4) is 0 Å². The van der Waals surface area contributed by atoms with Crippen LogP contribution in [-0.4, -0.2) is 20.5 Å². The molecule has 4 rings (SSSR count). The van der Waals surface area contributed by atoms with E-state index in [1.54, 1.807) is 16.8 Å². The first kappa shape index (κ1) is 14.7. The summed E-state index contributed by atoms with van der Waals surface area (Å²) < 4.78 is 1.71. The largest absolute Gasteiger partial charge is 0.328 e. The fraction of sp³-hybridized carbons (Fsp3) is 0.312. The van der Waals surface area contributed by atoms with E-state index in [1.807, 2.05) is 6.07 Å². The van der Waals surface area contributed by atoms with Gasteiger partial charge in [0.05, 0.1) is 0 Å². The molecule has 0 bridgehead atoms. The lowest BCUT2D eigenvalue weighted by Gasteiger charge is -2.34. The van der Waals surface area contributed by atoms with Crippen molar-refractivity contribution in [3.63, 3.8) is 0 Å². The first-order valence-electron chi connectivity index (χ1n) is 7.42. The van der Waals surface area contributed by atoms with Crippen LogP contribution in [0.15, 0.2) is 35.8 Å². The Labute approximate surface area is 143 Å². The highest BCUT2D eigenvalue weighted by Crippen LogP contribution is 2.43. The van der Waals surface area contributed by atoms with Crippen LogP contribution in [0.1, 0.15) is 31.4 Å². The number of halogens is 2. The van der Waals surface area contributed by atoms with Crippen molar-refractivity contribution in [1.29, 1.82) is 0 Å². The Balaban J connectivity index is 1.93. The Hall–Kier alpha value is -1.85. The molecule has 2 aliphatic rings. The highest BCUT2D eigenvalue weighted by Gasteiger charge is 2.38. The zero-order valence-electron chi connectivity index (χ0n) is 12.4. The first-order chi connectivity index (χ1) is 11.0. The van der Waals surface area contributed by atoms with Gasteiger partial charge in [-0.3, -0.25) is 4.79 Å². The number of Topliss-reactive ketones (excluding diaryl/α,β-unsaturated/α-hetero) is 1. The predicted octanol–water partition coefficient (Wildman–Crippen LogP) is 3.85. The Morgan fingerprint density at radius 2 is 2.13 bits per heavy atom. The smallest absolute Gasteiger partial charge is 0.226 e. The minimum atomic E-state index is -0.367. The Kier molecular flexibility index (Phi) is 3.43. The van der Waals surface area contributed by atoms with Crippen molar-refractivity contribution in [3.05, 3.63) is 51.4 Å². The molecule has 0 radical (unpaired) electrons. The van der Waals surface area contributed by atoms with Gasteiger partial charge in [-0.25, -0.2) is 4.68 Å². The first-order valence-corrected chi connectivity index (χ1v) is 8.18. The molecule has 0 amide bonds. The van der Waals surface area contributed by atoms with Gasteiger partial charge < -0.3 is 5.32 Å². The average molecular weight is 349 g/mol. The Morgan fingerprint density at radius 1 is 1.30 bits per heavy atom. The second-order valence-electron chi connectivity index (χ2n) is 6.05. The van der Waals surface area contributed by atoms with Crippen LogP contribution < -0.4 is 5.32 Å². The van der Waals surface area contributed by atoms with Gasteiger partial charge in [0.1, 0.15) is 12.4 Å². The van der Waals surface area contributed by atoms with Gasteiger partial charge in [0.25, 0.3) is 0 Å². The van der Waals surface area contributed by atoms with Crippen LogP contribution in [-0.2, 0) is 4.79 Å². The third-order valence-electron chi connectivity index (χ3n) is 4.32. The number of nitrogens with one attached hydrogen (secondary N) is 1. The maximum absolute atomic E-state index is 12.7. The number of aromatic nitrogens is 3. The molecule has 0 fully saturated rings. The molecule has 2 atom stereocenters. The molecule has 1 aromatic carbocycles. The number of allylic oxidation sites excluding steroid dienone is 2. The standard InChI is InChI=1S/C16H14Cl2N4O/c1-8-4-12-14(13(23)5-8)15(22-16(21-12)19-7-20-22)10-3-2-9(17)6-11(10)18/h2-3,6-8,15H,4-5H2,1H3,(H,19,20,21). The normalized spacial score (nSPS) is 23.3. The number of nitrogens with zero attached hydrogens (tertiary/aromatic N) is 3. The summed E-state index contributed by atoms with van der Waals surface area (Å²) in [5.41, 5.74) is 2.45. The zero-order chi connectivity index (χ0) is 16.1. The molecule has 1 N–H and O–H groups in total. The third kappa shape index (κ3) is 2.35. The molecule has 23 heavy (non-hydrogen) atoms. The molecule has 0 saturated heterocycles. The summed E-state index contributed by atoms with van der Waals surface area (Å²) in [5, 5.41) is 8.61. The van der Waals surface area contributed by atoms with Gasteiger partial charge in [-0.2, -0.15) is 10.1 Å². The van der Waals surface area contributed by atoms with Crippen molar-refractivity contribution in [2.75, 3.05) is 5.32 Å². The van der Waals surface area contributed by atoms with E-state index >= 15 is 0 Å². The lowest BCUT2D eigenvalue weighted by Crippen LogP contribution is -2.33. The maximum atomic E-state index is 12.7. The average Bonchev–Trinajstić information content (AvgIpc) is 2.93. The molecule has 0 spiro atoms. The number of hydrogen-bond donors (Lipinski definition) is 1. The van der Waals surface area contributed by atoms with E-state index < -0.39 is 0 Å². The van der Waals surface area contributed by atoms with Crippen molar-refractivity contribution >= 4 is 34.9 Å². The van der Waals surface area contributed by atoms with Crippen LogP contribution in [0, 0.1) is 5.92 Å². The Bertz CT molecular complexity index is 842. The summed E-state index contributed by atoms with van der Waals surface area (Å²) in [5.74, 6) is 1.06. The molecule has 2 unspecified atom stereocenters. The molecule has 1 aliphatic carbocycles. The van der Waals surface area contributed by atoms with E-state index in [1.165, 1.54) is 6.33 Å². The number of ketones is 1. The second-order valence-corrected chi connectivity index (χ2v) is 6.89. The highest BCUT2D eigenvalue weighted by atomic mass is 35.5. The fourth-order valence-corrected chi connectivity index (χ4v) is 3.87. The lowest BCUT2D eigenvalue weighted by molar-refractivity contribution is -0.117. The minimum absolute atomic E-state index is 0.128. The quantitative estimate of drug-likeness (QED) is 0.850. The van der Waals surface area contributed by atoms with Gasteiger partial charge in [-0.15, -0.1) is 0 Å². The number of benzene rings is 1. The summed E-state index contributed by atoms with van der Waals surface area (Å²) in [6.07, 6.45) is 2.83. The predicted molar refractivity (Wildman–Crippen MR) is 88.7 cm³/mol. The van der Waals surface area contributed by atoms with E-state index in [0.29, 0.717) is 28.3 Å². The SMILES string of the molecule is CC1CC(=O)C2=C(C1)Nc1ncnn1C2c1ccc(Cl)cc1Cl. The van der Waals surface area contributed by atoms with Gasteiger partial charge in [-0.1, -0.05) is 36.2 Å². The number of carbonyl (C=O) groups is 1. The number of hydrogen-bond acceptors (Lipinski definition) is 4. The Morgan fingerprint density at radius 3 is 2.91 bits per heavy atom. The van der Waals surface area contributed by atoms with Gasteiger partial charge in [-0.05, 0) is 24.5 Å². The monoisotopic (exact) mass is 348 g/mol. The van der Waals surface area contributed by atoms with Gasteiger partial charge in [0.15, 0.2) is 5.78 Å². The highest BCUT2D eigenvalue weighted by molar-refractivity contribution is 6.35. The van der Waals surface area contributed by atoms with Gasteiger partial charge >= 0.3 is 0 Å². The molecule has 118 valence electrons.